The number of sulfonamides is 1. The Kier molecular flexibility index (Phi) is 10.8. The Bertz CT molecular complexity index is 1400. The van der Waals surface area contributed by atoms with Crippen molar-refractivity contribution in [3.8, 4) is 0 Å². The first-order valence-corrected chi connectivity index (χ1v) is 15.3. The van der Waals surface area contributed by atoms with Gasteiger partial charge in [0.25, 0.3) is 0 Å². The number of anilines is 1. The van der Waals surface area contributed by atoms with Gasteiger partial charge < -0.3 is 10.2 Å². The number of halogens is 1. The van der Waals surface area contributed by atoms with Crippen molar-refractivity contribution in [2.24, 2.45) is 0 Å². The number of nitrogens with zero attached hydrogens (tertiary/aromatic N) is 2. The van der Waals surface area contributed by atoms with Gasteiger partial charge in [0.05, 0.1) is 11.9 Å². The first kappa shape index (κ1) is 30.8. The molecule has 0 saturated heterocycles. The molecule has 3 aromatic carbocycles. The number of carbonyl (C=O) groups is 2. The minimum Gasteiger partial charge on any atom is -0.352 e. The van der Waals surface area contributed by atoms with Gasteiger partial charge in [0.1, 0.15) is 18.4 Å². The Morgan fingerprint density at radius 2 is 1.50 bits per heavy atom. The van der Waals surface area contributed by atoms with E-state index in [2.05, 4.69) is 5.32 Å². The van der Waals surface area contributed by atoms with Gasteiger partial charge in [0, 0.05) is 24.6 Å². The van der Waals surface area contributed by atoms with Crippen LogP contribution >= 0.6 is 0 Å². The Balaban J connectivity index is 2.09. The van der Waals surface area contributed by atoms with Crippen molar-refractivity contribution >= 4 is 27.5 Å². The van der Waals surface area contributed by atoms with Crippen molar-refractivity contribution < 1.29 is 22.4 Å². The van der Waals surface area contributed by atoms with Crippen LogP contribution < -0.4 is 9.62 Å². The summed E-state index contributed by atoms with van der Waals surface area (Å²) in [5, 5.41) is 2.96. The average Bonchev–Trinajstić information content (AvgIpc) is 2.94. The van der Waals surface area contributed by atoms with Crippen LogP contribution in [0.25, 0.3) is 0 Å². The quantitative estimate of drug-likeness (QED) is 0.324. The second-order valence-electron chi connectivity index (χ2n) is 9.89. The van der Waals surface area contributed by atoms with E-state index in [9.17, 15) is 22.4 Å². The molecule has 214 valence electrons. The maximum Gasteiger partial charge on any atom is 0.244 e. The highest BCUT2D eigenvalue weighted by Gasteiger charge is 2.34. The van der Waals surface area contributed by atoms with Crippen LogP contribution in [0.2, 0.25) is 0 Å². The molecule has 3 aromatic rings. The molecular formula is C31H38FN3O4S. The minimum absolute atomic E-state index is 0.153. The lowest BCUT2D eigenvalue weighted by atomic mass is 10.0. The zero-order valence-corrected chi connectivity index (χ0v) is 24.3. The van der Waals surface area contributed by atoms with Crippen molar-refractivity contribution in [2.45, 2.75) is 58.7 Å². The standard InChI is InChI=1S/C31H38FN3O4S/c1-5-23(3)33-31(37)29(20-24-14-8-7-9-15-24)34(21-26-17-10-12-18-27(26)32)30(36)22-35(40(4,38)39)28-19-13-11-16-25(28)6-2/h7-19,23,29H,5-6,20-22H2,1-4H3,(H,33,37)/t23-,29-/m0/s1. The molecule has 0 spiro atoms. The van der Waals surface area contributed by atoms with E-state index in [0.717, 1.165) is 21.7 Å². The molecule has 0 unspecified atom stereocenters. The van der Waals surface area contributed by atoms with E-state index in [1.54, 1.807) is 30.3 Å². The third kappa shape index (κ3) is 8.14. The molecular weight excluding hydrogens is 529 g/mol. The lowest BCUT2D eigenvalue weighted by Crippen LogP contribution is -2.54. The van der Waals surface area contributed by atoms with Gasteiger partial charge >= 0.3 is 0 Å². The Morgan fingerprint density at radius 1 is 0.900 bits per heavy atom. The zero-order valence-electron chi connectivity index (χ0n) is 23.5. The second-order valence-corrected chi connectivity index (χ2v) is 11.8. The number of aryl methyl sites for hydroxylation is 1. The molecule has 0 aliphatic rings. The van der Waals surface area contributed by atoms with Crippen LogP contribution in [0.15, 0.2) is 78.9 Å². The topological polar surface area (TPSA) is 86.8 Å². The summed E-state index contributed by atoms with van der Waals surface area (Å²) in [5.41, 5.74) is 2.20. The fourth-order valence-electron chi connectivity index (χ4n) is 4.45. The second kappa shape index (κ2) is 14.1. The highest BCUT2D eigenvalue weighted by atomic mass is 32.2. The SMILES string of the molecule is CCc1ccccc1N(CC(=O)N(Cc1ccccc1F)[C@@H](Cc1ccccc1)C(=O)N[C@@H](C)CC)S(C)(=O)=O. The van der Waals surface area contributed by atoms with Crippen molar-refractivity contribution in [3.63, 3.8) is 0 Å². The monoisotopic (exact) mass is 567 g/mol. The van der Waals surface area contributed by atoms with Crippen LogP contribution in [0.3, 0.4) is 0 Å². The number of nitrogens with one attached hydrogen (secondary N) is 1. The largest absolute Gasteiger partial charge is 0.352 e. The van der Waals surface area contributed by atoms with E-state index < -0.39 is 34.3 Å². The smallest absolute Gasteiger partial charge is 0.244 e. The summed E-state index contributed by atoms with van der Waals surface area (Å²) >= 11 is 0. The van der Waals surface area contributed by atoms with Crippen LogP contribution in [0.4, 0.5) is 10.1 Å². The van der Waals surface area contributed by atoms with Crippen molar-refractivity contribution in [3.05, 3.63) is 101 Å². The van der Waals surface area contributed by atoms with Gasteiger partial charge in [0.15, 0.2) is 0 Å². The lowest BCUT2D eigenvalue weighted by molar-refractivity contribution is -0.140. The predicted octanol–water partition coefficient (Wildman–Crippen LogP) is 4.71. The summed E-state index contributed by atoms with van der Waals surface area (Å²) in [6.45, 7) is 4.97. The summed E-state index contributed by atoms with van der Waals surface area (Å²) in [7, 11) is -3.88. The summed E-state index contributed by atoms with van der Waals surface area (Å²) < 4.78 is 41.8. The Morgan fingerprint density at radius 3 is 2.10 bits per heavy atom. The third-order valence-corrected chi connectivity index (χ3v) is 8.02. The first-order chi connectivity index (χ1) is 19.0. The molecule has 2 amide bonds. The van der Waals surface area contributed by atoms with Crippen LogP contribution in [-0.2, 0) is 39.0 Å². The summed E-state index contributed by atoms with van der Waals surface area (Å²) in [6.07, 6.45) is 2.46. The molecule has 0 saturated carbocycles. The van der Waals surface area contributed by atoms with E-state index in [4.69, 9.17) is 0 Å². The minimum atomic E-state index is -3.88. The maximum absolute atomic E-state index is 14.8. The Hall–Kier alpha value is -3.72. The van der Waals surface area contributed by atoms with Gasteiger partial charge in [-0.25, -0.2) is 12.8 Å². The van der Waals surface area contributed by atoms with Crippen LogP contribution in [0.5, 0.6) is 0 Å². The molecule has 3 rings (SSSR count). The fraction of sp³-hybridized carbons (Fsp3) is 0.355. The van der Waals surface area contributed by atoms with Gasteiger partial charge in [-0.05, 0) is 43.0 Å². The van der Waals surface area contributed by atoms with Crippen LogP contribution in [-0.4, -0.2) is 50.0 Å². The number of hydrogen-bond donors (Lipinski definition) is 1. The van der Waals surface area contributed by atoms with Gasteiger partial charge in [0.2, 0.25) is 21.8 Å². The highest BCUT2D eigenvalue weighted by Crippen LogP contribution is 2.25. The van der Waals surface area contributed by atoms with E-state index in [1.807, 2.05) is 63.2 Å². The molecule has 1 N–H and O–H groups in total. The number of rotatable bonds is 13. The average molecular weight is 568 g/mol. The molecule has 0 aliphatic carbocycles. The number of amides is 2. The molecule has 0 bridgehead atoms. The predicted molar refractivity (Wildman–Crippen MR) is 157 cm³/mol. The normalized spacial score (nSPS) is 12.8. The molecule has 0 aliphatic heterocycles. The number of carbonyl (C=O) groups excluding carboxylic acids is 2. The van der Waals surface area contributed by atoms with Crippen molar-refractivity contribution in [2.75, 3.05) is 17.1 Å². The van der Waals surface area contributed by atoms with Gasteiger partial charge in [-0.1, -0.05) is 80.6 Å². The van der Waals surface area contributed by atoms with Crippen molar-refractivity contribution in [1.29, 1.82) is 0 Å². The fourth-order valence-corrected chi connectivity index (χ4v) is 5.33. The zero-order chi connectivity index (χ0) is 29.3. The molecule has 40 heavy (non-hydrogen) atoms. The van der Waals surface area contributed by atoms with Gasteiger partial charge in [-0.3, -0.25) is 13.9 Å². The third-order valence-electron chi connectivity index (χ3n) is 6.89. The van der Waals surface area contributed by atoms with Gasteiger partial charge in [-0.2, -0.15) is 0 Å². The number of para-hydroxylation sites is 1. The molecule has 0 heterocycles. The highest BCUT2D eigenvalue weighted by molar-refractivity contribution is 7.92. The maximum atomic E-state index is 14.8. The molecule has 0 radical (unpaired) electrons. The molecule has 0 fully saturated rings. The van der Waals surface area contributed by atoms with E-state index in [0.29, 0.717) is 18.5 Å². The van der Waals surface area contributed by atoms with E-state index >= 15 is 0 Å². The summed E-state index contributed by atoms with van der Waals surface area (Å²) in [5.74, 6) is -1.51. The molecule has 0 aromatic heterocycles. The molecule has 9 heteroatoms. The van der Waals surface area contributed by atoms with Crippen LogP contribution in [0.1, 0.15) is 43.9 Å². The van der Waals surface area contributed by atoms with E-state index in [-0.39, 0.29) is 30.5 Å². The number of hydrogen-bond acceptors (Lipinski definition) is 4. The lowest BCUT2D eigenvalue weighted by Gasteiger charge is -2.34. The van der Waals surface area contributed by atoms with E-state index in [1.165, 1.54) is 11.0 Å². The van der Waals surface area contributed by atoms with Crippen molar-refractivity contribution in [1.82, 2.24) is 10.2 Å². The molecule has 2 atom stereocenters. The van der Waals surface area contributed by atoms with Crippen LogP contribution in [0, 0.1) is 5.82 Å². The summed E-state index contributed by atoms with van der Waals surface area (Å²) in [6, 6.07) is 21.2. The molecule has 7 nitrogen and oxygen atoms in total. The first-order valence-electron chi connectivity index (χ1n) is 13.5. The number of benzene rings is 3. The Labute approximate surface area is 237 Å². The van der Waals surface area contributed by atoms with Gasteiger partial charge in [-0.15, -0.1) is 0 Å². The summed E-state index contributed by atoms with van der Waals surface area (Å²) in [4.78, 5) is 29.1.